The molecule has 1 atom stereocenters. The van der Waals surface area contributed by atoms with Crippen LogP contribution in [-0.2, 0) is 37.5 Å². The van der Waals surface area contributed by atoms with Crippen LogP contribution in [0.25, 0.3) is 0 Å². The fourth-order valence-corrected chi connectivity index (χ4v) is 1.68. The Kier molecular flexibility index (Phi) is 8.74. The molecule has 0 bridgehead atoms. The van der Waals surface area contributed by atoms with Gasteiger partial charge in [0.1, 0.15) is 0 Å². The Morgan fingerprint density at radius 3 is 2.93 bits per heavy atom. The van der Waals surface area contributed by atoms with Gasteiger partial charge in [-0.2, -0.15) is 6.42 Å². The fourth-order valence-electron chi connectivity index (χ4n) is 1.68. The van der Waals surface area contributed by atoms with Gasteiger partial charge in [-0.05, 0) is 19.3 Å². The molecule has 0 spiro atoms. The van der Waals surface area contributed by atoms with Crippen molar-refractivity contribution in [2.45, 2.75) is 44.6 Å². The molecule has 1 aliphatic rings. The Morgan fingerprint density at radius 2 is 2.27 bits per heavy atom. The number of hydrogen-bond acceptors (Lipinski definition) is 1. The Bertz CT molecular complexity index is 221. The summed E-state index contributed by atoms with van der Waals surface area (Å²) in [4.78, 5) is 12.7. The Balaban J connectivity index is 0.00000196. The van der Waals surface area contributed by atoms with E-state index in [0.29, 0.717) is 6.42 Å². The van der Waals surface area contributed by atoms with Crippen molar-refractivity contribution < 1.29 is 37.5 Å². The molecule has 79 valence electrons. The monoisotopic (exact) mass is 279 g/mol. The molecule has 1 heterocycles. The largest absolute Gasteiger partial charge is 0.394 e. The van der Waals surface area contributed by atoms with Gasteiger partial charge in [0, 0.05) is 45.2 Å². The van der Waals surface area contributed by atoms with Crippen molar-refractivity contribution in [2.75, 3.05) is 0 Å². The van der Waals surface area contributed by atoms with E-state index < -0.39 is 0 Å². The first-order valence-corrected chi connectivity index (χ1v) is 5.26. The minimum absolute atomic E-state index is 0. The summed E-state index contributed by atoms with van der Waals surface area (Å²) in [6.45, 7) is 3.76. The predicted octanol–water partition coefficient (Wildman–Crippen LogP) is 2.01. The molecule has 0 N–H and O–H groups in total. The van der Waals surface area contributed by atoms with E-state index in [2.05, 4.69) is 19.1 Å². The van der Waals surface area contributed by atoms with Gasteiger partial charge in [0.05, 0.1) is 0 Å². The van der Waals surface area contributed by atoms with E-state index in [0.717, 1.165) is 32.1 Å². The Morgan fingerprint density at radius 1 is 1.53 bits per heavy atom. The van der Waals surface area contributed by atoms with E-state index in [4.69, 9.17) is 7.98 Å². The number of hydrogen-bond donors (Lipinski definition) is 0. The molecule has 0 aromatic carbocycles. The summed E-state index contributed by atoms with van der Waals surface area (Å²) in [5.41, 5.74) is 0. The zero-order valence-corrected chi connectivity index (χ0v) is 12.0. The first-order valence-electron chi connectivity index (χ1n) is 5.26. The number of rotatable bonds is 4. The molecular weight excluding hydrogens is 262 g/mol. The number of unbranched alkanes of at least 4 members (excludes halogenated alkanes) is 1. The molecular formula is C11H17BNOY-. The number of piperidine rings is 1. The Hall–Kier alpha value is 0.379. The third-order valence-electron chi connectivity index (χ3n) is 2.55. The maximum Gasteiger partial charge on any atom is 0.230 e. The molecule has 15 heavy (non-hydrogen) atoms. The van der Waals surface area contributed by atoms with E-state index in [-0.39, 0.29) is 44.7 Å². The van der Waals surface area contributed by atoms with E-state index in [1.165, 1.54) is 4.81 Å². The van der Waals surface area contributed by atoms with E-state index in [1.807, 2.05) is 0 Å². The van der Waals surface area contributed by atoms with Crippen LogP contribution in [0.2, 0.25) is 0 Å². The van der Waals surface area contributed by atoms with Crippen molar-refractivity contribution in [3.8, 4) is 0 Å². The second kappa shape index (κ2) is 8.52. The van der Waals surface area contributed by atoms with E-state index >= 15 is 0 Å². The molecule has 3 radical (unpaired) electrons. The second-order valence-electron chi connectivity index (χ2n) is 3.70. The first-order chi connectivity index (χ1) is 6.75. The topological polar surface area (TPSA) is 20.3 Å². The van der Waals surface area contributed by atoms with Crippen LogP contribution in [0.3, 0.4) is 0 Å². The van der Waals surface area contributed by atoms with Crippen LogP contribution < -0.4 is 0 Å². The average molecular weight is 279 g/mol. The van der Waals surface area contributed by atoms with E-state index in [9.17, 15) is 4.79 Å². The van der Waals surface area contributed by atoms with Crippen molar-refractivity contribution in [3.05, 3.63) is 19.1 Å². The van der Waals surface area contributed by atoms with Crippen LogP contribution in [0.5, 0.6) is 0 Å². The molecule has 1 unspecified atom stereocenters. The molecule has 0 aromatic heterocycles. The van der Waals surface area contributed by atoms with Gasteiger partial charge in [-0.25, -0.2) is 0 Å². The maximum absolute atomic E-state index is 11.3. The fraction of sp³-hybridized carbons (Fsp3) is 0.636. The smallest absolute Gasteiger partial charge is 0.230 e. The van der Waals surface area contributed by atoms with Crippen LogP contribution in [0.1, 0.15) is 38.5 Å². The predicted molar refractivity (Wildman–Crippen MR) is 58.6 cm³/mol. The summed E-state index contributed by atoms with van der Waals surface area (Å²) < 4.78 is 0. The molecule has 1 fully saturated rings. The molecule has 0 saturated carbocycles. The summed E-state index contributed by atoms with van der Waals surface area (Å²) in [6.07, 6.45) is 9.63. The van der Waals surface area contributed by atoms with Gasteiger partial charge in [-0.15, -0.1) is 0 Å². The molecule has 1 aliphatic heterocycles. The molecule has 1 rings (SSSR count). The van der Waals surface area contributed by atoms with Gasteiger partial charge in [0.25, 0.3) is 0 Å². The summed E-state index contributed by atoms with van der Waals surface area (Å²) >= 11 is 0. The van der Waals surface area contributed by atoms with Crippen LogP contribution in [0.15, 0.2) is 12.2 Å². The number of nitrogens with zero attached hydrogens (tertiary/aromatic N) is 1. The SMILES string of the molecule is [B]N1C(=O)CCCC1C/C=C\CC[CH2-].[Y]. The summed E-state index contributed by atoms with van der Waals surface area (Å²) in [5.74, 6) is 0.0757. The van der Waals surface area contributed by atoms with Crippen molar-refractivity contribution >= 4 is 13.9 Å². The van der Waals surface area contributed by atoms with E-state index in [1.54, 1.807) is 0 Å². The van der Waals surface area contributed by atoms with Crippen molar-refractivity contribution in [1.82, 2.24) is 4.81 Å². The average Bonchev–Trinajstić information content (AvgIpc) is 2.19. The normalized spacial score (nSPS) is 21.8. The number of carbonyl (C=O) groups is 1. The number of amides is 1. The van der Waals surface area contributed by atoms with Crippen LogP contribution in [0, 0.1) is 6.92 Å². The first kappa shape index (κ1) is 15.4. The quantitative estimate of drug-likeness (QED) is 0.438. The second-order valence-corrected chi connectivity index (χ2v) is 3.70. The summed E-state index contributed by atoms with van der Waals surface area (Å²) in [7, 11) is 5.67. The van der Waals surface area contributed by atoms with Gasteiger partial charge in [0.2, 0.25) is 13.9 Å². The third kappa shape index (κ3) is 5.31. The summed E-state index contributed by atoms with van der Waals surface area (Å²) in [5, 5.41) is 0. The van der Waals surface area contributed by atoms with Gasteiger partial charge in [-0.3, -0.25) is 4.79 Å². The molecule has 2 nitrogen and oxygen atoms in total. The van der Waals surface area contributed by atoms with Crippen molar-refractivity contribution in [3.63, 3.8) is 0 Å². The van der Waals surface area contributed by atoms with Gasteiger partial charge < -0.3 is 11.7 Å². The van der Waals surface area contributed by atoms with Gasteiger partial charge >= 0.3 is 0 Å². The van der Waals surface area contributed by atoms with Crippen LogP contribution >= 0.6 is 0 Å². The number of carbonyl (C=O) groups excluding carboxylic acids is 1. The zero-order chi connectivity index (χ0) is 10.4. The van der Waals surface area contributed by atoms with Gasteiger partial charge in [-0.1, -0.05) is 18.6 Å². The Labute approximate surface area is 119 Å². The molecule has 0 aromatic rings. The summed E-state index contributed by atoms with van der Waals surface area (Å²) in [6, 6.07) is 0.206. The minimum atomic E-state index is 0. The standard InChI is InChI=1S/C11H17BNO.Y/c1-2-3-4-5-7-10-8-6-9-11(14)13(10)12;/h4-5,10H,1-3,6-9H2;/q-1;/b5-4-;. The molecule has 1 saturated heterocycles. The molecule has 1 amide bonds. The van der Waals surface area contributed by atoms with Gasteiger partial charge in [0.15, 0.2) is 0 Å². The zero-order valence-electron chi connectivity index (χ0n) is 9.19. The minimum Gasteiger partial charge on any atom is -0.394 e. The maximum atomic E-state index is 11.3. The van der Waals surface area contributed by atoms with Crippen LogP contribution in [0.4, 0.5) is 0 Å². The van der Waals surface area contributed by atoms with Crippen molar-refractivity contribution in [1.29, 1.82) is 0 Å². The van der Waals surface area contributed by atoms with Crippen molar-refractivity contribution in [2.24, 2.45) is 0 Å². The molecule has 0 aliphatic carbocycles. The third-order valence-corrected chi connectivity index (χ3v) is 2.55. The van der Waals surface area contributed by atoms with Crippen LogP contribution in [-0.4, -0.2) is 24.7 Å². The molecule has 4 heteroatoms. The number of allylic oxidation sites excluding steroid dienone is 1.